The first-order valence-electron chi connectivity index (χ1n) is 15.1. The molecule has 2 heterocycles. The summed E-state index contributed by atoms with van der Waals surface area (Å²) in [6.07, 6.45) is 0. The van der Waals surface area contributed by atoms with Crippen molar-refractivity contribution in [1.29, 1.82) is 0 Å². The lowest BCUT2D eigenvalue weighted by Crippen LogP contribution is -2.33. The van der Waals surface area contributed by atoms with Crippen molar-refractivity contribution in [1.82, 2.24) is 0 Å². The van der Waals surface area contributed by atoms with E-state index in [2.05, 4.69) is 0 Å². The van der Waals surface area contributed by atoms with Crippen molar-refractivity contribution in [2.24, 2.45) is 4.99 Å². The number of aliphatic imine (C=N–C) groups is 1. The molecule has 10 heteroatoms. The van der Waals surface area contributed by atoms with Crippen LogP contribution in [0.3, 0.4) is 0 Å². The molecule has 2 aliphatic rings. The molecule has 2 aliphatic heterocycles. The first kappa shape index (κ1) is 29.7. The van der Waals surface area contributed by atoms with Gasteiger partial charge in [-0.3, -0.25) is 4.79 Å². The fraction of sp³-hybridized carbons (Fsp3) is 0. The average Bonchev–Trinajstić information content (AvgIpc) is 3.13. The van der Waals surface area contributed by atoms with Crippen LogP contribution in [0, 0.1) is 0 Å². The summed E-state index contributed by atoms with van der Waals surface area (Å²) >= 11 is 0. The van der Waals surface area contributed by atoms with Crippen LogP contribution in [0.1, 0.15) is 15.9 Å². The quantitative estimate of drug-likeness (QED) is 0.158. The zero-order chi connectivity index (χ0) is 32.3. The zero-order valence-corrected chi connectivity index (χ0v) is 27.0. The summed E-state index contributed by atoms with van der Waals surface area (Å²) in [5.41, 5.74) is 4.12. The molecule has 0 radical (unpaired) electrons. The maximum Gasteiger partial charge on any atom is 0.531 e. The van der Waals surface area contributed by atoms with Gasteiger partial charge in [0.25, 0.3) is 5.91 Å². The maximum atomic E-state index is 13.8. The predicted molar refractivity (Wildman–Crippen MR) is 188 cm³/mol. The highest BCUT2D eigenvalue weighted by molar-refractivity contribution is 7.51. The third kappa shape index (κ3) is 5.95. The van der Waals surface area contributed by atoms with E-state index in [1.54, 1.807) is 16.8 Å². The van der Waals surface area contributed by atoms with E-state index in [1.807, 2.05) is 146 Å². The number of carbonyl (C=O) groups is 1. The van der Waals surface area contributed by atoms with Gasteiger partial charge in [0.2, 0.25) is 5.90 Å². The molecule has 0 fully saturated rings. The van der Waals surface area contributed by atoms with Gasteiger partial charge in [0.15, 0.2) is 0 Å². The van der Waals surface area contributed by atoms with Gasteiger partial charge in [-0.1, -0.05) is 97.1 Å². The highest BCUT2D eigenvalue weighted by atomic mass is 31.2. The lowest BCUT2D eigenvalue weighted by molar-refractivity contribution is 0.0995. The first-order chi connectivity index (χ1) is 23.7. The number of anilines is 1. The molecule has 0 aliphatic carbocycles. The second kappa shape index (κ2) is 13.2. The van der Waals surface area contributed by atoms with Crippen LogP contribution in [0.5, 0.6) is 23.0 Å². The zero-order valence-electron chi connectivity index (χ0n) is 25.2. The molecule has 0 aromatic heterocycles. The Morgan fingerprint density at radius 3 is 1.71 bits per heavy atom. The van der Waals surface area contributed by atoms with Crippen molar-refractivity contribution >= 4 is 40.3 Å². The van der Waals surface area contributed by atoms with Crippen LogP contribution in [-0.4, -0.2) is 11.8 Å². The minimum absolute atomic E-state index is 0.196. The molecule has 8 rings (SSSR count). The van der Waals surface area contributed by atoms with Crippen molar-refractivity contribution < 1.29 is 27.4 Å². The molecule has 2 atom stereocenters. The standard InChI is InChI=1S/C38H26N2O6P2/c41-38-32-22-10-14-26-36(32)43-47(40(38)28-17-5-2-6-18-28)42-33-23-11-7-19-29(33)30-20-8-12-24-34(30)44-48-45-35-25-13-9-21-31(35)37(46-48)39-27-15-3-1-4-16-27/h1-26H. The summed E-state index contributed by atoms with van der Waals surface area (Å²) in [4.78, 5) is 18.6. The number of para-hydroxylation sites is 6. The number of nitrogens with zero attached hydrogens (tertiary/aromatic N) is 2. The smallest absolute Gasteiger partial charge is 0.422 e. The fourth-order valence-corrected chi connectivity index (χ4v) is 7.72. The Hall–Kier alpha value is -5.68. The number of rotatable bonds is 7. The molecule has 0 bridgehead atoms. The summed E-state index contributed by atoms with van der Waals surface area (Å²) < 4.78 is 33.5. The molecule has 0 saturated carbocycles. The molecule has 1 amide bonds. The highest BCUT2D eigenvalue weighted by Crippen LogP contribution is 2.54. The highest BCUT2D eigenvalue weighted by Gasteiger charge is 2.39. The van der Waals surface area contributed by atoms with E-state index in [4.69, 9.17) is 27.6 Å². The van der Waals surface area contributed by atoms with Crippen LogP contribution in [0.15, 0.2) is 163 Å². The summed E-state index contributed by atoms with van der Waals surface area (Å²) in [5, 5.41) is 0. The third-order valence-electron chi connectivity index (χ3n) is 7.50. The van der Waals surface area contributed by atoms with Gasteiger partial charge >= 0.3 is 17.1 Å². The van der Waals surface area contributed by atoms with Crippen molar-refractivity contribution in [3.8, 4) is 34.1 Å². The fourth-order valence-electron chi connectivity index (χ4n) is 5.26. The van der Waals surface area contributed by atoms with Crippen molar-refractivity contribution in [3.05, 3.63) is 169 Å². The van der Waals surface area contributed by atoms with Gasteiger partial charge < -0.3 is 22.6 Å². The number of amides is 1. The van der Waals surface area contributed by atoms with E-state index >= 15 is 0 Å². The monoisotopic (exact) mass is 668 g/mol. The van der Waals surface area contributed by atoms with Crippen molar-refractivity contribution in [2.75, 3.05) is 4.67 Å². The van der Waals surface area contributed by atoms with E-state index in [-0.39, 0.29) is 5.91 Å². The van der Waals surface area contributed by atoms with Gasteiger partial charge in [-0.25, -0.2) is 9.66 Å². The summed E-state index contributed by atoms with van der Waals surface area (Å²) in [5.74, 6) is 2.36. The molecule has 6 aromatic carbocycles. The topological polar surface area (TPSA) is 78.8 Å². The Labute approximate surface area is 279 Å². The SMILES string of the molecule is O=C1c2ccccc2OP(Oc2ccccc2-c2ccccc2OP2OC(=Nc3ccccc3)c3ccccc3O2)N1c1ccccc1. The van der Waals surface area contributed by atoms with E-state index < -0.39 is 17.1 Å². The number of benzene rings is 6. The molecule has 234 valence electrons. The molecule has 2 unspecified atom stereocenters. The molecule has 0 saturated heterocycles. The van der Waals surface area contributed by atoms with Crippen LogP contribution in [0.2, 0.25) is 0 Å². The van der Waals surface area contributed by atoms with Gasteiger partial charge in [0.05, 0.1) is 22.5 Å². The van der Waals surface area contributed by atoms with Crippen LogP contribution in [0.25, 0.3) is 11.1 Å². The summed E-state index contributed by atoms with van der Waals surface area (Å²) in [6, 6.07) is 49.0. The van der Waals surface area contributed by atoms with Gasteiger partial charge in [0, 0.05) is 11.1 Å². The molecule has 8 nitrogen and oxygen atoms in total. The minimum atomic E-state index is -1.92. The van der Waals surface area contributed by atoms with Gasteiger partial charge in [-0.2, -0.15) is 0 Å². The van der Waals surface area contributed by atoms with Gasteiger partial charge in [-0.05, 0) is 60.7 Å². The number of carbonyl (C=O) groups excluding carboxylic acids is 1. The van der Waals surface area contributed by atoms with Crippen LogP contribution < -0.4 is 22.8 Å². The third-order valence-corrected chi connectivity index (χ3v) is 9.96. The largest absolute Gasteiger partial charge is 0.531 e. The molecular formula is C38H26N2O6P2. The van der Waals surface area contributed by atoms with E-state index in [9.17, 15) is 4.79 Å². The molecule has 48 heavy (non-hydrogen) atoms. The predicted octanol–water partition coefficient (Wildman–Crippen LogP) is 10.5. The van der Waals surface area contributed by atoms with Crippen LogP contribution >= 0.6 is 17.1 Å². The Morgan fingerprint density at radius 2 is 1.02 bits per heavy atom. The van der Waals surface area contributed by atoms with Crippen LogP contribution in [-0.2, 0) is 4.52 Å². The Morgan fingerprint density at radius 1 is 0.500 bits per heavy atom. The lowest BCUT2D eigenvalue weighted by Gasteiger charge is -2.34. The number of hydrogen-bond donors (Lipinski definition) is 0. The minimum Gasteiger partial charge on any atom is -0.422 e. The normalized spacial score (nSPS) is 17.3. The van der Waals surface area contributed by atoms with Crippen molar-refractivity contribution in [3.63, 3.8) is 0 Å². The second-order valence-electron chi connectivity index (χ2n) is 10.6. The first-order valence-corrected chi connectivity index (χ1v) is 17.3. The van der Waals surface area contributed by atoms with Crippen molar-refractivity contribution in [2.45, 2.75) is 0 Å². The van der Waals surface area contributed by atoms with E-state index in [0.717, 1.165) is 22.4 Å². The Bertz CT molecular complexity index is 2130. The van der Waals surface area contributed by atoms with Gasteiger partial charge in [-0.15, -0.1) is 0 Å². The molecule has 6 aromatic rings. The Kier molecular flexibility index (Phi) is 8.17. The average molecular weight is 669 g/mol. The Balaban J connectivity index is 1.12. The lowest BCUT2D eigenvalue weighted by atomic mass is 10.0. The second-order valence-corrected chi connectivity index (χ2v) is 12.8. The van der Waals surface area contributed by atoms with Crippen LogP contribution in [0.4, 0.5) is 11.4 Å². The maximum absolute atomic E-state index is 13.8. The van der Waals surface area contributed by atoms with E-state index in [1.165, 1.54) is 0 Å². The number of hydrogen-bond acceptors (Lipinski definition) is 7. The summed E-state index contributed by atoms with van der Waals surface area (Å²) in [7, 11) is -3.84. The van der Waals surface area contributed by atoms with Gasteiger partial charge in [0.1, 0.15) is 23.0 Å². The molecule has 0 spiro atoms. The molecule has 0 N–H and O–H groups in total. The summed E-state index contributed by atoms with van der Waals surface area (Å²) in [6.45, 7) is 0. The molecular weight excluding hydrogens is 642 g/mol. The van der Waals surface area contributed by atoms with E-state index in [0.29, 0.717) is 40.1 Å². The number of fused-ring (bicyclic) bond motifs is 2.